The Morgan fingerprint density at radius 1 is 0.549 bits per heavy atom. The minimum absolute atomic E-state index is 0. The van der Waals surface area contributed by atoms with E-state index < -0.39 is 7.24 Å². The first-order valence-electron chi connectivity index (χ1n) is 16.7. The van der Waals surface area contributed by atoms with Crippen molar-refractivity contribution in [2.75, 3.05) is 10.6 Å². The number of fused-ring (bicyclic) bond motifs is 3. The van der Waals surface area contributed by atoms with Crippen molar-refractivity contribution >= 4 is 71.0 Å². The maximum absolute atomic E-state index is 10.6. The van der Waals surface area contributed by atoms with E-state index in [9.17, 15) is 4.32 Å². The summed E-state index contributed by atoms with van der Waals surface area (Å²) >= 11 is 7.42. The quantitative estimate of drug-likeness (QED) is 0.106. The fourth-order valence-corrected chi connectivity index (χ4v) is 7.38. The van der Waals surface area contributed by atoms with Gasteiger partial charge in [-0.25, -0.2) is 0 Å². The van der Waals surface area contributed by atoms with Gasteiger partial charge in [0.25, 0.3) is 0 Å². The van der Waals surface area contributed by atoms with Crippen molar-refractivity contribution in [1.29, 1.82) is 1.34 Å². The van der Waals surface area contributed by atoms with Crippen molar-refractivity contribution < 1.29 is 4.32 Å². The van der Waals surface area contributed by atoms with Gasteiger partial charge in [0.15, 0.2) is 0 Å². The van der Waals surface area contributed by atoms with Crippen molar-refractivity contribution in [2.45, 2.75) is 12.8 Å². The summed E-state index contributed by atoms with van der Waals surface area (Å²) in [6.45, 7) is 0. The average molecular weight is 817 g/mol. The molecule has 8 rings (SSSR count). The highest BCUT2D eigenvalue weighted by Crippen LogP contribution is 2.57. The number of hydrogen-bond donors (Lipinski definition) is 1. The number of nitrogen functional groups attached to an aromatic ring is 1. The molecule has 7 aromatic rings. The number of nitrogens with two attached hydrogens (primary N) is 1. The van der Waals surface area contributed by atoms with Crippen LogP contribution in [0.4, 0.5) is 27.1 Å². The minimum Gasteiger partial charge on any atom is -0.399 e. The van der Waals surface area contributed by atoms with E-state index in [-0.39, 0.29) is 12.8 Å². The van der Waals surface area contributed by atoms with Crippen LogP contribution in [0.5, 0.6) is 0 Å². The van der Waals surface area contributed by atoms with Crippen LogP contribution >= 0.6 is 41.0 Å². The van der Waals surface area contributed by atoms with Crippen molar-refractivity contribution in [1.82, 2.24) is 0 Å². The van der Waals surface area contributed by atoms with Gasteiger partial charge in [0.1, 0.15) is 0 Å². The second kappa shape index (κ2) is 17.6. The SMILES string of the molecule is Brc1ccc2c(c1)C(c1ccccc1)(c1ccccc1)c1cc(Br)ccc1-2.C.Nc1ccc(N(c2ccccc2)c2ccccc2)cc1.[2H]B(F)P. The fraction of sp³-hybridized carbons (Fsp3) is 0.0455. The molecule has 0 heterocycles. The summed E-state index contributed by atoms with van der Waals surface area (Å²) < 4.78 is 18.7. The Kier molecular flexibility index (Phi) is 12.6. The van der Waals surface area contributed by atoms with E-state index in [4.69, 9.17) is 7.07 Å². The molecular weight excluding hydrogens is 777 g/mol. The maximum atomic E-state index is 10.6. The van der Waals surface area contributed by atoms with Gasteiger partial charge in [0, 0.05) is 33.0 Å². The molecule has 0 aliphatic heterocycles. The zero-order valence-corrected chi connectivity index (χ0v) is 31.5. The minimum atomic E-state index is -1.50. The molecule has 1 unspecified atom stereocenters. The summed E-state index contributed by atoms with van der Waals surface area (Å²) in [6.07, 6.45) is 0. The first kappa shape index (κ1) is 36.3. The number of hydrogen-bond acceptors (Lipinski definition) is 2. The molecule has 1 atom stereocenters. The fourth-order valence-electron chi connectivity index (χ4n) is 6.66. The van der Waals surface area contributed by atoms with E-state index in [1.807, 2.05) is 60.7 Å². The monoisotopic (exact) mass is 815 g/mol. The molecule has 0 aromatic heterocycles. The number of rotatable bonds is 5. The molecule has 0 saturated heterocycles. The predicted molar refractivity (Wildman–Crippen MR) is 229 cm³/mol. The van der Waals surface area contributed by atoms with Gasteiger partial charge in [-0.2, -0.15) is 0 Å². The van der Waals surface area contributed by atoms with Gasteiger partial charge >= 0.3 is 7.24 Å². The largest absolute Gasteiger partial charge is 0.399 e. The van der Waals surface area contributed by atoms with Crippen LogP contribution in [-0.2, 0) is 5.41 Å². The van der Waals surface area contributed by atoms with Crippen LogP contribution in [0.3, 0.4) is 0 Å². The van der Waals surface area contributed by atoms with Crippen LogP contribution in [0.1, 0.15) is 29.7 Å². The van der Waals surface area contributed by atoms with Gasteiger partial charge in [-0.05, 0) is 106 Å². The van der Waals surface area contributed by atoms with Crippen LogP contribution in [0.15, 0.2) is 191 Å². The second-order valence-corrected chi connectivity index (χ2v) is 13.7. The molecule has 1 aliphatic rings. The Bertz CT molecular complexity index is 2040. The molecule has 0 spiro atoms. The predicted octanol–water partition coefficient (Wildman–Crippen LogP) is 13.0. The summed E-state index contributed by atoms with van der Waals surface area (Å²) in [6, 6.07) is 63.5. The summed E-state index contributed by atoms with van der Waals surface area (Å²) in [5.74, 6) is 0. The van der Waals surface area contributed by atoms with Gasteiger partial charge in [0.05, 0.1) is 5.41 Å². The maximum Gasteiger partial charge on any atom is 0.352 e. The lowest BCUT2D eigenvalue weighted by molar-refractivity contribution is 0.767. The standard InChI is InChI=1S/C25H16Br2.C18H16N2.CH4.BFH3P/c26-19-11-13-21-22-14-12-20(27)16-24(22)25(23(21)15-19,17-7-3-1-4-8-17)18-9-5-2-6-10-18;19-15-11-13-18(14-12-15)20(16-7-3-1-4-8-16)17-9-5-2-6-10-17;;2-1-3/h1-16H;1-14H,19H2;1H4;1H,3H2/i;;;1D. The van der Waals surface area contributed by atoms with Crippen LogP contribution in [0.25, 0.3) is 11.1 Å². The number of para-hydroxylation sites is 2. The highest BCUT2D eigenvalue weighted by Gasteiger charge is 2.46. The molecule has 2 N–H and O–H groups in total. The van der Waals surface area contributed by atoms with E-state index in [0.29, 0.717) is 0 Å². The van der Waals surface area contributed by atoms with Crippen LogP contribution in [0, 0.1) is 0 Å². The number of benzene rings is 7. The van der Waals surface area contributed by atoms with Crippen molar-refractivity contribution in [2.24, 2.45) is 0 Å². The molecule has 1 aliphatic carbocycles. The summed E-state index contributed by atoms with van der Waals surface area (Å²) in [5.41, 5.74) is 17.4. The molecule has 2 nitrogen and oxygen atoms in total. The zero-order valence-electron chi connectivity index (χ0n) is 28.1. The van der Waals surface area contributed by atoms with Gasteiger partial charge in [0.2, 0.25) is 0 Å². The lowest BCUT2D eigenvalue weighted by atomic mass is 9.68. The van der Waals surface area contributed by atoms with E-state index in [1.165, 1.54) is 33.4 Å². The van der Waals surface area contributed by atoms with E-state index in [1.54, 1.807) is 9.12 Å². The highest BCUT2D eigenvalue weighted by atomic mass is 79.9. The van der Waals surface area contributed by atoms with Crippen molar-refractivity contribution in [3.8, 4) is 11.1 Å². The molecule has 7 heteroatoms. The average Bonchev–Trinajstić information content (AvgIpc) is 3.43. The number of anilines is 4. The second-order valence-electron chi connectivity index (χ2n) is 11.6. The molecule has 0 fully saturated rings. The molecule has 254 valence electrons. The lowest BCUT2D eigenvalue weighted by Crippen LogP contribution is -2.28. The third-order valence-electron chi connectivity index (χ3n) is 8.66. The Labute approximate surface area is 322 Å². The van der Waals surface area contributed by atoms with Crippen LogP contribution in [-0.4, -0.2) is 8.58 Å². The zero-order chi connectivity index (χ0) is 35.8. The Morgan fingerprint density at radius 3 is 1.25 bits per heavy atom. The van der Waals surface area contributed by atoms with Gasteiger partial charge in [-0.15, -0.1) is 9.12 Å². The molecule has 0 radical (unpaired) electrons. The van der Waals surface area contributed by atoms with E-state index >= 15 is 0 Å². The molecule has 7 aromatic carbocycles. The van der Waals surface area contributed by atoms with Crippen LogP contribution < -0.4 is 10.6 Å². The summed E-state index contributed by atoms with van der Waals surface area (Å²) in [4.78, 5) is 2.21. The van der Waals surface area contributed by atoms with Crippen molar-refractivity contribution in [3.63, 3.8) is 0 Å². The third kappa shape index (κ3) is 8.05. The van der Waals surface area contributed by atoms with Crippen molar-refractivity contribution in [3.05, 3.63) is 213 Å². The molecule has 0 amide bonds. The molecule has 0 saturated carbocycles. The van der Waals surface area contributed by atoms with Gasteiger partial charge in [-0.3, -0.25) is 0 Å². The third-order valence-corrected chi connectivity index (χ3v) is 9.64. The highest BCUT2D eigenvalue weighted by molar-refractivity contribution is 9.10. The van der Waals surface area contributed by atoms with Crippen LogP contribution in [0.2, 0.25) is 0 Å². The summed E-state index contributed by atoms with van der Waals surface area (Å²) in [7, 11) is 0.157. The molecule has 51 heavy (non-hydrogen) atoms. The lowest BCUT2D eigenvalue weighted by Gasteiger charge is -2.34. The topological polar surface area (TPSA) is 29.3 Å². The smallest absolute Gasteiger partial charge is 0.352 e. The molecule has 0 bridgehead atoms. The number of halogens is 3. The first-order valence-corrected chi connectivity index (χ1v) is 18.3. The normalized spacial score (nSPS) is 11.9. The Hall–Kier alpha value is -4.48. The van der Waals surface area contributed by atoms with E-state index in [2.05, 4.69) is 158 Å². The summed E-state index contributed by atoms with van der Waals surface area (Å²) in [5, 5.41) is 0. The number of nitrogens with zero attached hydrogens (tertiary/aromatic N) is 1. The van der Waals surface area contributed by atoms with E-state index in [0.717, 1.165) is 31.7 Å². The molecular formula is C44H39BBr2FN2P. The van der Waals surface area contributed by atoms with Gasteiger partial charge < -0.3 is 14.9 Å². The van der Waals surface area contributed by atoms with Gasteiger partial charge in [-0.1, -0.05) is 148 Å². The Morgan fingerprint density at radius 2 is 0.882 bits per heavy atom. The first-order chi connectivity index (χ1) is 24.8. The Balaban J connectivity index is 0.000000186.